The summed E-state index contributed by atoms with van der Waals surface area (Å²) in [7, 11) is 4.00. The van der Waals surface area contributed by atoms with Crippen molar-refractivity contribution in [2.45, 2.75) is 13.0 Å². The van der Waals surface area contributed by atoms with Crippen LogP contribution in [0.5, 0.6) is 0 Å². The zero-order valence-electron chi connectivity index (χ0n) is 14.1. The number of ether oxygens (including phenoxy) is 1. The number of rotatable bonds is 5. The van der Waals surface area contributed by atoms with Crippen LogP contribution in [0.15, 0.2) is 54.6 Å². The summed E-state index contributed by atoms with van der Waals surface area (Å²) in [6.45, 7) is 0.740. The maximum absolute atomic E-state index is 11.6. The molecular weight excluding hydrogens is 300 g/mol. The number of hydrogen-bond donors (Lipinski definition) is 1. The summed E-state index contributed by atoms with van der Waals surface area (Å²) in [4.78, 5) is 13.6. The maximum Gasteiger partial charge on any atom is 0.407 e. The normalized spacial score (nSPS) is 9.58. The molecule has 0 atom stereocenters. The monoisotopic (exact) mass is 322 g/mol. The highest BCUT2D eigenvalue weighted by Gasteiger charge is 2.00. The standard InChI is InChI=1S/C20H22N2O2/c1-22(2)19-13-8-12-17(15-19)9-6-7-14-21-20(23)24-16-18-10-4-3-5-11-18/h3-5,8,10-13,15H,7,14,16H2,1-2H3,(H,21,23). The Morgan fingerprint density at radius 1 is 1.12 bits per heavy atom. The molecule has 0 fully saturated rings. The molecule has 4 heteroatoms. The number of alkyl carbamates (subject to hydrolysis) is 1. The van der Waals surface area contributed by atoms with Crippen molar-refractivity contribution in [1.29, 1.82) is 0 Å². The molecule has 2 aromatic carbocycles. The third kappa shape index (κ3) is 6.05. The summed E-state index contributed by atoms with van der Waals surface area (Å²) in [6.07, 6.45) is 0.155. The average molecular weight is 322 g/mol. The van der Waals surface area contributed by atoms with Gasteiger partial charge in [-0.15, -0.1) is 0 Å². The Hall–Kier alpha value is -2.93. The van der Waals surface area contributed by atoms with Crippen LogP contribution in [0.1, 0.15) is 17.5 Å². The van der Waals surface area contributed by atoms with Crippen LogP contribution in [0, 0.1) is 11.8 Å². The van der Waals surface area contributed by atoms with Crippen molar-refractivity contribution in [2.24, 2.45) is 0 Å². The minimum atomic E-state index is -0.421. The minimum Gasteiger partial charge on any atom is -0.445 e. The highest BCUT2D eigenvalue weighted by Crippen LogP contribution is 2.12. The molecule has 0 aromatic heterocycles. The van der Waals surface area contributed by atoms with Crippen molar-refractivity contribution < 1.29 is 9.53 Å². The Kier molecular flexibility index (Phi) is 6.73. The number of amides is 1. The van der Waals surface area contributed by atoms with E-state index in [1.807, 2.05) is 73.6 Å². The first-order valence-electron chi connectivity index (χ1n) is 7.86. The summed E-state index contributed by atoms with van der Waals surface area (Å²) >= 11 is 0. The number of hydrogen-bond acceptors (Lipinski definition) is 3. The lowest BCUT2D eigenvalue weighted by Crippen LogP contribution is -2.24. The molecule has 0 aliphatic carbocycles. The molecule has 24 heavy (non-hydrogen) atoms. The first kappa shape index (κ1) is 17.4. The Morgan fingerprint density at radius 3 is 2.67 bits per heavy atom. The van der Waals surface area contributed by atoms with E-state index in [1.54, 1.807) is 0 Å². The molecule has 0 saturated carbocycles. The van der Waals surface area contributed by atoms with Crippen LogP contribution in [0.25, 0.3) is 0 Å². The van der Waals surface area contributed by atoms with Crippen molar-refractivity contribution in [3.05, 3.63) is 65.7 Å². The molecule has 0 aliphatic rings. The molecule has 1 N–H and O–H groups in total. The lowest BCUT2D eigenvalue weighted by molar-refractivity contribution is 0.140. The van der Waals surface area contributed by atoms with Crippen molar-refractivity contribution in [1.82, 2.24) is 5.32 Å². The fourth-order valence-electron chi connectivity index (χ4n) is 2.03. The van der Waals surface area contributed by atoms with Crippen molar-refractivity contribution in [2.75, 3.05) is 25.5 Å². The first-order chi connectivity index (χ1) is 11.6. The highest BCUT2D eigenvalue weighted by molar-refractivity contribution is 5.67. The molecular formula is C20H22N2O2. The van der Waals surface area contributed by atoms with Crippen LogP contribution in [0.4, 0.5) is 10.5 Å². The van der Waals surface area contributed by atoms with E-state index < -0.39 is 6.09 Å². The predicted molar refractivity (Wildman–Crippen MR) is 96.9 cm³/mol. The van der Waals surface area contributed by atoms with Gasteiger partial charge in [0.05, 0.1) is 0 Å². The summed E-state index contributed by atoms with van der Waals surface area (Å²) in [5, 5.41) is 2.70. The molecule has 0 bridgehead atoms. The van der Waals surface area contributed by atoms with Crippen LogP contribution in [-0.4, -0.2) is 26.7 Å². The fraction of sp³-hybridized carbons (Fsp3) is 0.250. The first-order valence-corrected chi connectivity index (χ1v) is 7.86. The van der Waals surface area contributed by atoms with Gasteiger partial charge in [-0.3, -0.25) is 0 Å². The zero-order chi connectivity index (χ0) is 17.2. The SMILES string of the molecule is CN(C)c1cccc(C#CCCNC(=O)OCc2ccccc2)c1. The number of carbonyl (C=O) groups excluding carboxylic acids is 1. The number of benzene rings is 2. The number of nitrogens with zero attached hydrogens (tertiary/aromatic N) is 1. The second-order valence-electron chi connectivity index (χ2n) is 5.49. The maximum atomic E-state index is 11.6. The van der Waals surface area contributed by atoms with Gasteiger partial charge in [0.1, 0.15) is 6.61 Å². The van der Waals surface area contributed by atoms with E-state index >= 15 is 0 Å². The predicted octanol–water partition coefficient (Wildman–Crippen LogP) is 3.42. The smallest absolute Gasteiger partial charge is 0.407 e. The Bertz CT molecular complexity index is 715. The summed E-state index contributed by atoms with van der Waals surface area (Å²) in [5.74, 6) is 6.16. The van der Waals surface area contributed by atoms with E-state index in [0.29, 0.717) is 13.0 Å². The van der Waals surface area contributed by atoms with E-state index in [-0.39, 0.29) is 6.61 Å². The fourth-order valence-corrected chi connectivity index (χ4v) is 2.03. The van der Waals surface area contributed by atoms with E-state index in [0.717, 1.165) is 16.8 Å². The largest absolute Gasteiger partial charge is 0.445 e. The molecule has 4 nitrogen and oxygen atoms in total. The molecule has 0 unspecified atom stereocenters. The molecule has 0 saturated heterocycles. The van der Waals surface area contributed by atoms with Gasteiger partial charge >= 0.3 is 6.09 Å². The van der Waals surface area contributed by atoms with Gasteiger partial charge < -0.3 is 15.0 Å². The molecule has 0 spiro atoms. The third-order valence-electron chi connectivity index (χ3n) is 3.33. The molecule has 0 radical (unpaired) electrons. The lowest BCUT2D eigenvalue weighted by Gasteiger charge is -2.11. The summed E-state index contributed by atoms with van der Waals surface area (Å²) in [6, 6.07) is 17.6. The van der Waals surface area contributed by atoms with Gasteiger partial charge in [-0.25, -0.2) is 4.79 Å². The topological polar surface area (TPSA) is 41.6 Å². The van der Waals surface area contributed by atoms with Gasteiger partial charge in [-0.1, -0.05) is 48.2 Å². The van der Waals surface area contributed by atoms with Gasteiger partial charge in [-0.05, 0) is 23.8 Å². The molecule has 2 rings (SSSR count). The molecule has 1 amide bonds. The number of carbonyl (C=O) groups is 1. The third-order valence-corrected chi connectivity index (χ3v) is 3.33. The van der Waals surface area contributed by atoms with Gasteiger partial charge in [-0.2, -0.15) is 0 Å². The van der Waals surface area contributed by atoms with Gasteiger partial charge in [0.15, 0.2) is 0 Å². The van der Waals surface area contributed by atoms with Crippen LogP contribution < -0.4 is 10.2 Å². The lowest BCUT2D eigenvalue weighted by atomic mass is 10.2. The second-order valence-corrected chi connectivity index (χ2v) is 5.49. The van der Waals surface area contributed by atoms with Crippen LogP contribution in [-0.2, 0) is 11.3 Å². The van der Waals surface area contributed by atoms with Crippen LogP contribution >= 0.6 is 0 Å². The van der Waals surface area contributed by atoms with Crippen LogP contribution in [0.2, 0.25) is 0 Å². The van der Waals surface area contributed by atoms with E-state index in [9.17, 15) is 4.79 Å². The Morgan fingerprint density at radius 2 is 1.92 bits per heavy atom. The average Bonchev–Trinajstić information content (AvgIpc) is 2.61. The van der Waals surface area contributed by atoms with Crippen molar-refractivity contribution in [3.8, 4) is 11.8 Å². The Balaban J connectivity index is 1.69. The number of anilines is 1. The van der Waals surface area contributed by atoms with Gasteiger partial charge in [0.2, 0.25) is 0 Å². The van der Waals surface area contributed by atoms with E-state index in [1.165, 1.54) is 0 Å². The molecule has 0 aliphatic heterocycles. The zero-order valence-corrected chi connectivity index (χ0v) is 14.1. The highest BCUT2D eigenvalue weighted by atomic mass is 16.5. The Labute approximate surface area is 143 Å². The number of nitrogens with one attached hydrogen (secondary N) is 1. The van der Waals surface area contributed by atoms with E-state index in [2.05, 4.69) is 17.2 Å². The van der Waals surface area contributed by atoms with Crippen molar-refractivity contribution in [3.63, 3.8) is 0 Å². The molecule has 0 heterocycles. The molecule has 124 valence electrons. The quantitative estimate of drug-likeness (QED) is 0.677. The molecule has 2 aromatic rings. The van der Waals surface area contributed by atoms with Gasteiger partial charge in [0, 0.05) is 38.3 Å². The van der Waals surface area contributed by atoms with Crippen LogP contribution in [0.3, 0.4) is 0 Å². The summed E-state index contributed by atoms with van der Waals surface area (Å²) in [5.41, 5.74) is 3.05. The van der Waals surface area contributed by atoms with Gasteiger partial charge in [0.25, 0.3) is 0 Å². The minimum absolute atomic E-state index is 0.273. The second kappa shape index (κ2) is 9.26. The summed E-state index contributed by atoms with van der Waals surface area (Å²) < 4.78 is 5.13. The van der Waals surface area contributed by atoms with Crippen molar-refractivity contribution >= 4 is 11.8 Å². The van der Waals surface area contributed by atoms with E-state index in [4.69, 9.17) is 4.74 Å².